The molecule has 1 N–H and O–H groups in total. The molecule has 0 bridgehead atoms. The van der Waals surface area contributed by atoms with Crippen LogP contribution < -0.4 is 10.9 Å². The van der Waals surface area contributed by atoms with Crippen LogP contribution in [0.5, 0.6) is 0 Å². The molecule has 0 aliphatic rings. The lowest BCUT2D eigenvalue weighted by Crippen LogP contribution is -2.34. The van der Waals surface area contributed by atoms with Gasteiger partial charge in [0.15, 0.2) is 5.16 Å². The summed E-state index contributed by atoms with van der Waals surface area (Å²) in [5.41, 5.74) is 4.87. The number of rotatable bonds is 8. The molecule has 0 fully saturated rings. The Labute approximate surface area is 201 Å². The highest BCUT2D eigenvalue weighted by atomic mass is 32.2. The topological polar surface area (TPSA) is 64.0 Å². The maximum absolute atomic E-state index is 13.3. The molecule has 0 saturated heterocycles. The summed E-state index contributed by atoms with van der Waals surface area (Å²) >= 11 is 2.68. The fourth-order valence-corrected chi connectivity index (χ4v) is 5.21. The molecular formula is C26H27N3O2S2. The Morgan fingerprint density at radius 1 is 1.12 bits per heavy atom. The van der Waals surface area contributed by atoms with E-state index >= 15 is 0 Å². The van der Waals surface area contributed by atoms with Crippen LogP contribution in [-0.4, -0.2) is 27.3 Å². The molecule has 0 aliphatic heterocycles. The predicted molar refractivity (Wildman–Crippen MR) is 138 cm³/mol. The van der Waals surface area contributed by atoms with Gasteiger partial charge in [-0.15, -0.1) is 11.3 Å². The van der Waals surface area contributed by atoms with Crippen LogP contribution in [0.15, 0.2) is 69.9 Å². The second kappa shape index (κ2) is 10.4. The highest BCUT2D eigenvalue weighted by Gasteiger charge is 2.17. The van der Waals surface area contributed by atoms with E-state index in [9.17, 15) is 9.59 Å². The lowest BCUT2D eigenvalue weighted by atomic mass is 10.1. The summed E-state index contributed by atoms with van der Waals surface area (Å²) in [7, 11) is 0. The summed E-state index contributed by atoms with van der Waals surface area (Å²) in [6.45, 7) is 6.09. The highest BCUT2D eigenvalue weighted by Crippen LogP contribution is 2.24. The zero-order chi connectivity index (χ0) is 23.4. The normalized spacial score (nSPS) is 12.1. The minimum Gasteiger partial charge on any atom is -0.353 e. The first-order valence-corrected chi connectivity index (χ1v) is 12.8. The molecule has 33 heavy (non-hydrogen) atoms. The molecule has 0 radical (unpaired) electrons. The number of carbonyl (C=O) groups is 1. The Balaban J connectivity index is 1.49. The van der Waals surface area contributed by atoms with Gasteiger partial charge in [-0.05, 0) is 73.9 Å². The molecule has 0 spiro atoms. The minimum absolute atomic E-state index is 0.0626. The fourth-order valence-electron chi connectivity index (χ4n) is 3.63. The van der Waals surface area contributed by atoms with Gasteiger partial charge >= 0.3 is 0 Å². The molecule has 0 saturated carbocycles. The number of hydrogen-bond donors (Lipinski definition) is 1. The van der Waals surface area contributed by atoms with E-state index in [1.807, 2.05) is 68.6 Å². The van der Waals surface area contributed by atoms with E-state index in [1.54, 1.807) is 4.57 Å². The van der Waals surface area contributed by atoms with E-state index in [0.29, 0.717) is 15.4 Å². The van der Waals surface area contributed by atoms with Crippen molar-refractivity contribution < 1.29 is 4.79 Å². The number of fused-ring (bicyclic) bond motifs is 1. The molecule has 0 unspecified atom stereocenters. The van der Waals surface area contributed by atoms with E-state index in [0.717, 1.165) is 29.7 Å². The maximum Gasteiger partial charge on any atom is 0.276 e. The molecular weight excluding hydrogens is 450 g/mol. The van der Waals surface area contributed by atoms with E-state index in [-0.39, 0.29) is 23.3 Å². The predicted octanol–water partition coefficient (Wildman–Crippen LogP) is 5.29. The van der Waals surface area contributed by atoms with Gasteiger partial charge in [0.1, 0.15) is 4.70 Å². The first-order valence-electron chi connectivity index (χ1n) is 11.0. The molecule has 5 nitrogen and oxygen atoms in total. The first-order chi connectivity index (χ1) is 15.9. The summed E-state index contributed by atoms with van der Waals surface area (Å²) in [4.78, 5) is 30.6. The van der Waals surface area contributed by atoms with Gasteiger partial charge < -0.3 is 5.32 Å². The van der Waals surface area contributed by atoms with Crippen molar-refractivity contribution in [3.8, 4) is 5.69 Å². The second-order valence-corrected chi connectivity index (χ2v) is 10.1. The molecule has 170 valence electrons. The Kier molecular flexibility index (Phi) is 7.30. The van der Waals surface area contributed by atoms with Crippen LogP contribution in [0.25, 0.3) is 15.9 Å². The molecule has 0 aliphatic carbocycles. The van der Waals surface area contributed by atoms with Gasteiger partial charge in [-0.2, -0.15) is 0 Å². The highest BCUT2D eigenvalue weighted by molar-refractivity contribution is 7.99. The van der Waals surface area contributed by atoms with Crippen LogP contribution >= 0.6 is 23.1 Å². The van der Waals surface area contributed by atoms with Gasteiger partial charge in [0.25, 0.3) is 5.56 Å². The van der Waals surface area contributed by atoms with Crippen LogP contribution in [0.2, 0.25) is 0 Å². The number of thiophene rings is 1. The monoisotopic (exact) mass is 477 g/mol. The first kappa shape index (κ1) is 23.3. The van der Waals surface area contributed by atoms with Crippen molar-refractivity contribution in [2.24, 2.45) is 0 Å². The third-order valence-corrected chi connectivity index (χ3v) is 7.48. The van der Waals surface area contributed by atoms with E-state index in [2.05, 4.69) is 17.4 Å². The van der Waals surface area contributed by atoms with Crippen LogP contribution in [-0.2, 0) is 11.2 Å². The van der Waals surface area contributed by atoms with E-state index in [1.165, 1.54) is 28.7 Å². The van der Waals surface area contributed by atoms with Crippen LogP contribution in [0.3, 0.4) is 0 Å². The number of thioether (sulfide) groups is 1. The third kappa shape index (κ3) is 5.54. The average molecular weight is 478 g/mol. The van der Waals surface area contributed by atoms with Crippen molar-refractivity contribution in [1.29, 1.82) is 0 Å². The zero-order valence-electron chi connectivity index (χ0n) is 19.0. The lowest BCUT2D eigenvalue weighted by Gasteiger charge is -2.15. The number of nitrogens with one attached hydrogen (secondary N) is 1. The van der Waals surface area contributed by atoms with Gasteiger partial charge in [0.05, 0.1) is 17.0 Å². The zero-order valence-corrected chi connectivity index (χ0v) is 20.6. The van der Waals surface area contributed by atoms with Gasteiger partial charge in [-0.3, -0.25) is 14.2 Å². The maximum atomic E-state index is 13.3. The molecule has 2 aromatic carbocycles. The number of amides is 1. The van der Waals surface area contributed by atoms with E-state index in [4.69, 9.17) is 4.98 Å². The quantitative estimate of drug-likeness (QED) is 0.277. The summed E-state index contributed by atoms with van der Waals surface area (Å²) in [6, 6.07) is 18.1. The van der Waals surface area contributed by atoms with Gasteiger partial charge in [-0.1, -0.05) is 48.2 Å². The Morgan fingerprint density at radius 3 is 2.67 bits per heavy atom. The van der Waals surface area contributed by atoms with Crippen molar-refractivity contribution in [2.45, 2.75) is 44.8 Å². The summed E-state index contributed by atoms with van der Waals surface area (Å²) in [6.07, 6.45) is 1.78. The summed E-state index contributed by atoms with van der Waals surface area (Å²) in [5.74, 6) is 0.134. The Morgan fingerprint density at radius 2 is 1.91 bits per heavy atom. The van der Waals surface area contributed by atoms with Crippen molar-refractivity contribution in [3.63, 3.8) is 0 Å². The smallest absolute Gasteiger partial charge is 0.276 e. The number of nitrogens with zero attached hydrogens (tertiary/aromatic N) is 2. The third-order valence-electron chi connectivity index (χ3n) is 5.65. The van der Waals surface area contributed by atoms with E-state index < -0.39 is 0 Å². The number of hydrogen-bond acceptors (Lipinski definition) is 5. The van der Waals surface area contributed by atoms with Crippen LogP contribution in [0.1, 0.15) is 30.0 Å². The van der Waals surface area contributed by atoms with Crippen molar-refractivity contribution >= 4 is 39.2 Å². The summed E-state index contributed by atoms with van der Waals surface area (Å²) < 4.78 is 2.25. The Hall–Kier alpha value is -2.90. The average Bonchev–Trinajstić information content (AvgIpc) is 3.28. The molecule has 1 atom stereocenters. The number of aryl methyl sites for hydroxylation is 3. The largest absolute Gasteiger partial charge is 0.353 e. The molecule has 1 amide bonds. The van der Waals surface area contributed by atoms with Crippen LogP contribution in [0.4, 0.5) is 0 Å². The Bertz CT molecular complexity index is 1330. The molecule has 4 rings (SSSR count). The van der Waals surface area contributed by atoms with Crippen LogP contribution in [0, 0.1) is 13.8 Å². The van der Waals surface area contributed by atoms with Gasteiger partial charge in [-0.25, -0.2) is 4.98 Å². The van der Waals surface area contributed by atoms with Gasteiger partial charge in [0, 0.05) is 6.04 Å². The van der Waals surface area contributed by atoms with Crippen molar-refractivity contribution in [1.82, 2.24) is 14.9 Å². The van der Waals surface area contributed by atoms with Crippen molar-refractivity contribution in [3.05, 3.63) is 87.0 Å². The lowest BCUT2D eigenvalue weighted by molar-refractivity contribution is -0.119. The minimum atomic E-state index is -0.0996. The fraction of sp³-hybridized carbons (Fsp3) is 0.269. The van der Waals surface area contributed by atoms with Gasteiger partial charge in [0.2, 0.25) is 5.91 Å². The number of aromatic nitrogens is 2. The summed E-state index contributed by atoms with van der Waals surface area (Å²) in [5, 5.41) is 5.47. The number of carbonyl (C=O) groups excluding carboxylic acids is 1. The molecule has 7 heteroatoms. The number of benzene rings is 2. The van der Waals surface area contributed by atoms with Crippen molar-refractivity contribution in [2.75, 3.05) is 5.75 Å². The standard InChI is InChI=1S/C26H27N3O2S2/c1-17-9-12-21(15-18(17)2)29-25(31)24-22(13-14-32-24)28-26(29)33-16-23(30)27-19(3)10-11-20-7-5-4-6-8-20/h4-9,12-15,19H,10-11,16H2,1-3H3,(H,27,30)/t19-/m1/s1. The second-order valence-electron chi connectivity index (χ2n) is 8.22. The molecule has 2 heterocycles. The SMILES string of the molecule is Cc1ccc(-n2c(SCC(=O)N[C@H](C)CCc3ccccc3)nc3ccsc3c2=O)cc1C. The molecule has 2 aromatic heterocycles. The molecule has 4 aromatic rings.